The summed E-state index contributed by atoms with van der Waals surface area (Å²) in [6.07, 6.45) is 7.97. The highest BCUT2D eigenvalue weighted by atomic mass is 35.5. The van der Waals surface area contributed by atoms with Crippen molar-refractivity contribution in [3.05, 3.63) is 65.6 Å². The van der Waals surface area contributed by atoms with E-state index < -0.39 is 5.97 Å². The number of imidazole rings is 1. The minimum Gasteiger partial charge on any atom is -0.477 e. The van der Waals surface area contributed by atoms with Crippen LogP contribution in [0.5, 0.6) is 0 Å². The molecule has 0 saturated heterocycles. The van der Waals surface area contributed by atoms with Gasteiger partial charge in [0, 0.05) is 37.2 Å². The van der Waals surface area contributed by atoms with Crippen LogP contribution in [-0.4, -0.2) is 37.6 Å². The number of carboxylic acid groups (broad SMARTS) is 1. The number of nitrogens with zero attached hydrogens (tertiary/aromatic N) is 5. The Kier molecular flexibility index (Phi) is 6.43. The maximum Gasteiger partial charge on any atom is 0.354 e. The van der Waals surface area contributed by atoms with Gasteiger partial charge in [0.1, 0.15) is 0 Å². The molecule has 180 valence electrons. The van der Waals surface area contributed by atoms with E-state index in [1.807, 2.05) is 42.3 Å². The number of carboxylic acids is 1. The fourth-order valence-corrected chi connectivity index (χ4v) is 5.14. The normalized spacial score (nSPS) is 18.0. The quantitative estimate of drug-likeness (QED) is 0.335. The summed E-state index contributed by atoms with van der Waals surface area (Å²) in [7, 11) is 1.99. The fourth-order valence-electron chi connectivity index (χ4n) is 4.96. The molecule has 0 amide bonds. The van der Waals surface area contributed by atoms with Crippen molar-refractivity contribution in [3.63, 3.8) is 0 Å². The van der Waals surface area contributed by atoms with Crippen LogP contribution in [-0.2, 0) is 6.54 Å². The van der Waals surface area contributed by atoms with Crippen molar-refractivity contribution in [2.75, 3.05) is 11.9 Å². The zero-order valence-electron chi connectivity index (χ0n) is 19.9. The molecule has 7 nitrogen and oxygen atoms in total. The number of benzene rings is 1. The Labute approximate surface area is 209 Å². The second-order valence-corrected chi connectivity index (χ2v) is 9.90. The number of rotatable bonds is 6. The van der Waals surface area contributed by atoms with E-state index in [0.717, 1.165) is 42.5 Å². The largest absolute Gasteiger partial charge is 0.477 e. The lowest BCUT2D eigenvalue weighted by Crippen LogP contribution is -2.21. The van der Waals surface area contributed by atoms with Crippen molar-refractivity contribution in [2.45, 2.75) is 39.2 Å². The van der Waals surface area contributed by atoms with Crippen LogP contribution < -0.4 is 4.90 Å². The predicted molar refractivity (Wildman–Crippen MR) is 138 cm³/mol. The molecule has 1 N–H and O–H groups in total. The maximum absolute atomic E-state index is 11.9. The third-order valence-electron chi connectivity index (χ3n) is 6.92. The van der Waals surface area contributed by atoms with Crippen LogP contribution in [0.4, 0.5) is 11.6 Å². The highest BCUT2D eigenvalue weighted by Crippen LogP contribution is 2.37. The molecule has 0 radical (unpaired) electrons. The lowest BCUT2D eigenvalue weighted by atomic mass is 9.83. The Morgan fingerprint density at radius 2 is 1.86 bits per heavy atom. The lowest BCUT2D eigenvalue weighted by Gasteiger charge is -2.28. The molecule has 1 fully saturated rings. The van der Waals surface area contributed by atoms with Crippen LogP contribution in [0, 0.1) is 11.8 Å². The van der Waals surface area contributed by atoms with Gasteiger partial charge in [-0.3, -0.25) is 4.98 Å². The van der Waals surface area contributed by atoms with Crippen LogP contribution >= 0.6 is 11.6 Å². The molecule has 1 aliphatic carbocycles. The molecule has 0 spiro atoms. The summed E-state index contributed by atoms with van der Waals surface area (Å²) in [6.45, 7) is 3.10. The smallest absolute Gasteiger partial charge is 0.354 e. The van der Waals surface area contributed by atoms with E-state index >= 15 is 0 Å². The molecular weight excluding hydrogens is 462 g/mol. The molecule has 3 aromatic heterocycles. The topological polar surface area (TPSA) is 84.1 Å². The van der Waals surface area contributed by atoms with Crippen molar-refractivity contribution in [1.82, 2.24) is 19.5 Å². The first-order valence-corrected chi connectivity index (χ1v) is 12.3. The summed E-state index contributed by atoms with van der Waals surface area (Å²) in [5.41, 5.74) is 3.53. The zero-order valence-corrected chi connectivity index (χ0v) is 20.6. The summed E-state index contributed by atoms with van der Waals surface area (Å²) in [5, 5.41) is 10.2. The van der Waals surface area contributed by atoms with E-state index in [-0.39, 0.29) is 5.69 Å². The molecule has 8 heteroatoms. The van der Waals surface area contributed by atoms with Gasteiger partial charge in [-0.05, 0) is 48.9 Å². The second kappa shape index (κ2) is 9.66. The van der Waals surface area contributed by atoms with Crippen molar-refractivity contribution in [1.29, 1.82) is 0 Å². The van der Waals surface area contributed by atoms with Crippen molar-refractivity contribution < 1.29 is 9.90 Å². The van der Waals surface area contributed by atoms with E-state index in [0.29, 0.717) is 27.7 Å². The summed E-state index contributed by atoms with van der Waals surface area (Å²) in [5.74, 6) is 0.920. The third kappa shape index (κ3) is 4.73. The van der Waals surface area contributed by atoms with Crippen molar-refractivity contribution >= 4 is 40.2 Å². The summed E-state index contributed by atoms with van der Waals surface area (Å²) in [4.78, 5) is 27.7. The number of para-hydroxylation sites is 1. The molecule has 5 rings (SSSR count). The highest BCUT2D eigenvalue weighted by Gasteiger charge is 2.26. The average Bonchev–Trinajstić information content (AvgIpc) is 3.23. The van der Waals surface area contributed by atoms with Gasteiger partial charge in [0.05, 0.1) is 21.7 Å². The Morgan fingerprint density at radius 3 is 2.54 bits per heavy atom. The number of halogens is 1. The first-order valence-electron chi connectivity index (χ1n) is 11.9. The van der Waals surface area contributed by atoms with E-state index in [1.54, 1.807) is 24.5 Å². The molecular formula is C27H28ClN5O2. The molecule has 0 bridgehead atoms. The number of carbonyl (C=O) groups is 1. The molecule has 35 heavy (non-hydrogen) atoms. The SMILES string of the molecule is CC1CCC(Cn2c(N(C)c3ccccc3)nc3cc(C(=O)O)nc(-c4cncc(Cl)c4)c32)CC1. The predicted octanol–water partition coefficient (Wildman–Crippen LogP) is 6.44. The van der Waals surface area contributed by atoms with Gasteiger partial charge in [-0.25, -0.2) is 14.8 Å². The minimum absolute atomic E-state index is 0.0578. The molecule has 0 atom stereocenters. The first-order chi connectivity index (χ1) is 16.9. The van der Waals surface area contributed by atoms with E-state index in [2.05, 4.69) is 21.5 Å². The molecule has 0 aliphatic heterocycles. The van der Waals surface area contributed by atoms with Crippen LogP contribution in [0.15, 0.2) is 54.9 Å². The van der Waals surface area contributed by atoms with E-state index in [1.165, 1.54) is 12.8 Å². The van der Waals surface area contributed by atoms with Crippen LogP contribution in [0.1, 0.15) is 43.1 Å². The Morgan fingerprint density at radius 1 is 1.11 bits per heavy atom. The Hall–Kier alpha value is -3.45. The number of aromatic nitrogens is 4. The van der Waals surface area contributed by atoms with Gasteiger partial charge in [-0.2, -0.15) is 0 Å². The number of anilines is 2. The summed E-state index contributed by atoms with van der Waals surface area (Å²) < 4.78 is 2.21. The fraction of sp³-hybridized carbons (Fsp3) is 0.333. The van der Waals surface area contributed by atoms with Crippen LogP contribution in [0.2, 0.25) is 5.02 Å². The van der Waals surface area contributed by atoms with E-state index in [4.69, 9.17) is 16.6 Å². The summed E-state index contributed by atoms with van der Waals surface area (Å²) in [6, 6.07) is 13.4. The van der Waals surface area contributed by atoms with Crippen LogP contribution in [0.3, 0.4) is 0 Å². The lowest BCUT2D eigenvalue weighted by molar-refractivity contribution is 0.0691. The van der Waals surface area contributed by atoms with Gasteiger partial charge >= 0.3 is 5.97 Å². The van der Waals surface area contributed by atoms with Gasteiger partial charge in [0.15, 0.2) is 5.69 Å². The Balaban J connectivity index is 1.73. The van der Waals surface area contributed by atoms with Gasteiger partial charge < -0.3 is 14.6 Å². The number of fused-ring (bicyclic) bond motifs is 1. The highest BCUT2D eigenvalue weighted by molar-refractivity contribution is 6.30. The molecule has 1 aromatic carbocycles. The molecule has 1 saturated carbocycles. The monoisotopic (exact) mass is 489 g/mol. The molecule has 4 aromatic rings. The molecule has 1 aliphatic rings. The van der Waals surface area contributed by atoms with Gasteiger partial charge in [0.2, 0.25) is 5.95 Å². The minimum atomic E-state index is -1.10. The third-order valence-corrected chi connectivity index (χ3v) is 7.13. The zero-order chi connectivity index (χ0) is 24.5. The van der Waals surface area contributed by atoms with Gasteiger partial charge in [0.25, 0.3) is 0 Å². The Bertz CT molecular complexity index is 1360. The number of pyridine rings is 2. The number of hydrogen-bond donors (Lipinski definition) is 1. The average molecular weight is 490 g/mol. The van der Waals surface area contributed by atoms with E-state index in [9.17, 15) is 9.90 Å². The van der Waals surface area contributed by atoms with Crippen LogP contribution in [0.25, 0.3) is 22.3 Å². The van der Waals surface area contributed by atoms with Gasteiger partial charge in [-0.15, -0.1) is 0 Å². The second-order valence-electron chi connectivity index (χ2n) is 9.46. The van der Waals surface area contributed by atoms with Gasteiger partial charge in [-0.1, -0.05) is 49.6 Å². The van der Waals surface area contributed by atoms with Crippen molar-refractivity contribution in [2.24, 2.45) is 11.8 Å². The maximum atomic E-state index is 11.9. The summed E-state index contributed by atoms with van der Waals surface area (Å²) >= 11 is 6.26. The first kappa shape index (κ1) is 23.3. The van der Waals surface area contributed by atoms with Crippen molar-refractivity contribution in [3.8, 4) is 11.3 Å². The standard InChI is InChI=1S/C27H28ClN5O2/c1-17-8-10-18(11-9-17)16-33-25-22(31-27(33)32(2)21-6-4-3-5-7-21)13-23(26(34)35)30-24(25)19-12-20(28)15-29-14-19/h3-7,12-15,17-18H,8-11,16H2,1-2H3,(H,34,35). The molecule has 3 heterocycles. The number of hydrogen-bond acceptors (Lipinski definition) is 5. The molecule has 0 unspecified atom stereocenters. The number of aromatic carboxylic acids is 1.